The molecule has 5 nitrogen and oxygen atoms in total. The lowest BCUT2D eigenvalue weighted by molar-refractivity contribution is -0.274. The Labute approximate surface area is 153 Å². The minimum Gasteiger partial charge on any atom is -0.465 e. The number of anilines is 1. The quantitative estimate of drug-likeness (QED) is 0.744. The van der Waals surface area contributed by atoms with Gasteiger partial charge in [-0.3, -0.25) is 9.59 Å². The molecule has 8 heteroatoms. The van der Waals surface area contributed by atoms with Gasteiger partial charge in [-0.15, -0.1) is 13.2 Å². The third-order valence-corrected chi connectivity index (χ3v) is 4.03. The molecule has 0 spiro atoms. The first kappa shape index (κ1) is 18.8. The van der Waals surface area contributed by atoms with Gasteiger partial charge in [0.25, 0.3) is 0 Å². The maximum Gasteiger partial charge on any atom is 0.573 e. The van der Waals surface area contributed by atoms with Crippen LogP contribution in [0.3, 0.4) is 0 Å². The van der Waals surface area contributed by atoms with Crippen molar-refractivity contribution in [2.24, 2.45) is 0 Å². The van der Waals surface area contributed by atoms with E-state index in [4.69, 9.17) is 4.74 Å². The molecule has 0 aliphatic carbocycles. The van der Waals surface area contributed by atoms with Crippen LogP contribution in [0.2, 0.25) is 0 Å². The van der Waals surface area contributed by atoms with Crippen LogP contribution in [0.5, 0.6) is 5.75 Å². The first-order valence-electron chi connectivity index (χ1n) is 8.22. The van der Waals surface area contributed by atoms with E-state index in [1.807, 2.05) is 0 Å². The highest BCUT2D eigenvalue weighted by Gasteiger charge is 2.31. The molecule has 1 aliphatic heterocycles. The Balaban J connectivity index is 1.80. The SMILES string of the molecule is CCOC(=O)CN1C(=O)Cc2cc(-c3ccc(OC(F)(F)F)cc3)ccc21. The van der Waals surface area contributed by atoms with Gasteiger partial charge in [-0.05, 0) is 47.9 Å². The van der Waals surface area contributed by atoms with Crippen molar-refractivity contribution in [3.63, 3.8) is 0 Å². The molecule has 0 bridgehead atoms. The molecule has 27 heavy (non-hydrogen) atoms. The number of carbonyl (C=O) groups is 2. The average Bonchev–Trinajstić information content (AvgIpc) is 2.89. The van der Waals surface area contributed by atoms with E-state index in [9.17, 15) is 22.8 Å². The van der Waals surface area contributed by atoms with Crippen LogP contribution in [-0.4, -0.2) is 31.4 Å². The fourth-order valence-corrected chi connectivity index (χ4v) is 2.92. The highest BCUT2D eigenvalue weighted by Crippen LogP contribution is 2.34. The summed E-state index contributed by atoms with van der Waals surface area (Å²) in [7, 11) is 0. The van der Waals surface area contributed by atoms with Crippen molar-refractivity contribution in [2.45, 2.75) is 19.7 Å². The lowest BCUT2D eigenvalue weighted by Gasteiger charge is -2.16. The molecular weight excluding hydrogens is 363 g/mol. The van der Waals surface area contributed by atoms with E-state index >= 15 is 0 Å². The van der Waals surface area contributed by atoms with Crippen molar-refractivity contribution in [1.82, 2.24) is 0 Å². The second-order valence-corrected chi connectivity index (χ2v) is 5.88. The average molecular weight is 379 g/mol. The Morgan fingerprint density at radius 2 is 1.78 bits per heavy atom. The molecule has 1 heterocycles. The van der Waals surface area contributed by atoms with Crippen molar-refractivity contribution in [2.75, 3.05) is 18.1 Å². The molecule has 0 fully saturated rings. The summed E-state index contributed by atoms with van der Waals surface area (Å²) >= 11 is 0. The zero-order chi connectivity index (χ0) is 19.6. The van der Waals surface area contributed by atoms with E-state index in [1.165, 1.54) is 29.2 Å². The van der Waals surface area contributed by atoms with Gasteiger partial charge in [0.05, 0.1) is 13.0 Å². The molecular formula is C19H16F3NO4. The third-order valence-electron chi connectivity index (χ3n) is 4.03. The summed E-state index contributed by atoms with van der Waals surface area (Å²) in [6.07, 6.45) is -4.59. The topological polar surface area (TPSA) is 55.8 Å². The number of hydrogen-bond acceptors (Lipinski definition) is 4. The Morgan fingerprint density at radius 1 is 1.11 bits per heavy atom. The minimum atomic E-state index is -4.74. The van der Waals surface area contributed by atoms with Gasteiger partial charge in [-0.2, -0.15) is 0 Å². The van der Waals surface area contributed by atoms with Gasteiger partial charge in [-0.1, -0.05) is 18.2 Å². The van der Waals surface area contributed by atoms with Gasteiger partial charge in [0.2, 0.25) is 5.91 Å². The number of benzene rings is 2. The van der Waals surface area contributed by atoms with Crippen molar-refractivity contribution in [3.8, 4) is 16.9 Å². The number of fused-ring (bicyclic) bond motifs is 1. The molecule has 2 aromatic carbocycles. The van der Waals surface area contributed by atoms with E-state index in [2.05, 4.69) is 4.74 Å². The number of hydrogen-bond donors (Lipinski definition) is 0. The van der Waals surface area contributed by atoms with Crippen molar-refractivity contribution >= 4 is 17.6 Å². The molecule has 142 valence electrons. The van der Waals surface area contributed by atoms with E-state index < -0.39 is 12.3 Å². The van der Waals surface area contributed by atoms with Crippen LogP contribution in [0.25, 0.3) is 11.1 Å². The predicted molar refractivity (Wildman–Crippen MR) is 91.3 cm³/mol. The molecule has 0 unspecified atom stereocenters. The summed E-state index contributed by atoms with van der Waals surface area (Å²) in [4.78, 5) is 25.2. The van der Waals surface area contributed by atoms with Crippen LogP contribution >= 0.6 is 0 Å². The number of rotatable bonds is 5. The fraction of sp³-hybridized carbons (Fsp3) is 0.263. The van der Waals surface area contributed by atoms with Crippen LogP contribution in [0.1, 0.15) is 12.5 Å². The van der Waals surface area contributed by atoms with Gasteiger partial charge in [0, 0.05) is 5.69 Å². The van der Waals surface area contributed by atoms with Gasteiger partial charge in [0.1, 0.15) is 12.3 Å². The number of halogens is 3. The second-order valence-electron chi connectivity index (χ2n) is 5.88. The van der Waals surface area contributed by atoms with Crippen LogP contribution in [0.15, 0.2) is 42.5 Å². The predicted octanol–water partition coefficient (Wildman–Crippen LogP) is 3.70. The summed E-state index contributed by atoms with van der Waals surface area (Å²) in [5.41, 5.74) is 2.81. The number of alkyl halides is 3. The zero-order valence-corrected chi connectivity index (χ0v) is 14.4. The minimum absolute atomic E-state index is 0.150. The Bertz CT molecular complexity index is 862. The second kappa shape index (κ2) is 7.30. The summed E-state index contributed by atoms with van der Waals surface area (Å²) in [5, 5.41) is 0. The summed E-state index contributed by atoms with van der Waals surface area (Å²) in [6.45, 7) is 1.78. The summed E-state index contributed by atoms with van der Waals surface area (Å²) < 4.78 is 45.4. The monoisotopic (exact) mass is 379 g/mol. The number of ether oxygens (including phenoxy) is 2. The Hall–Kier alpha value is -3.03. The molecule has 0 radical (unpaired) electrons. The van der Waals surface area contributed by atoms with Gasteiger partial charge in [-0.25, -0.2) is 0 Å². The fourth-order valence-electron chi connectivity index (χ4n) is 2.92. The smallest absolute Gasteiger partial charge is 0.465 e. The summed E-state index contributed by atoms with van der Waals surface area (Å²) in [5.74, 6) is -0.990. The Kier molecular flexibility index (Phi) is 5.07. The molecule has 2 aromatic rings. The van der Waals surface area contributed by atoms with E-state index in [-0.39, 0.29) is 31.2 Å². The zero-order valence-electron chi connectivity index (χ0n) is 14.4. The normalized spacial score (nSPS) is 13.5. The lowest BCUT2D eigenvalue weighted by Crippen LogP contribution is -2.33. The van der Waals surface area contributed by atoms with Crippen molar-refractivity contribution in [1.29, 1.82) is 0 Å². The largest absolute Gasteiger partial charge is 0.573 e. The highest BCUT2D eigenvalue weighted by atomic mass is 19.4. The van der Waals surface area contributed by atoms with Crippen LogP contribution in [0, 0.1) is 0 Å². The van der Waals surface area contributed by atoms with Crippen LogP contribution < -0.4 is 9.64 Å². The number of esters is 1. The lowest BCUT2D eigenvalue weighted by atomic mass is 10.0. The maximum atomic E-state index is 12.2. The van der Waals surface area contributed by atoms with E-state index in [1.54, 1.807) is 25.1 Å². The van der Waals surface area contributed by atoms with E-state index in [0.717, 1.165) is 11.1 Å². The van der Waals surface area contributed by atoms with Gasteiger partial charge < -0.3 is 14.4 Å². The van der Waals surface area contributed by atoms with E-state index in [0.29, 0.717) is 11.3 Å². The molecule has 0 saturated carbocycles. The van der Waals surface area contributed by atoms with Crippen molar-refractivity contribution < 1.29 is 32.2 Å². The van der Waals surface area contributed by atoms with Crippen LogP contribution in [-0.2, 0) is 20.7 Å². The molecule has 0 atom stereocenters. The maximum absolute atomic E-state index is 12.2. The number of nitrogens with zero attached hydrogens (tertiary/aromatic N) is 1. The van der Waals surface area contributed by atoms with Gasteiger partial charge >= 0.3 is 12.3 Å². The number of amides is 1. The summed E-state index contributed by atoms with van der Waals surface area (Å²) in [6, 6.07) is 10.7. The Morgan fingerprint density at radius 3 is 2.41 bits per heavy atom. The standard InChI is InChI=1S/C19H16F3NO4/c1-2-26-18(25)11-23-16-8-5-13(9-14(16)10-17(23)24)12-3-6-15(7-4-12)27-19(20,21)22/h3-9H,2,10-11H2,1H3. The first-order chi connectivity index (χ1) is 12.8. The molecule has 1 amide bonds. The molecule has 0 saturated heterocycles. The molecule has 1 aliphatic rings. The first-order valence-corrected chi connectivity index (χ1v) is 8.22. The van der Waals surface area contributed by atoms with Crippen molar-refractivity contribution in [3.05, 3.63) is 48.0 Å². The molecule has 3 rings (SSSR count). The van der Waals surface area contributed by atoms with Gasteiger partial charge in [0.15, 0.2) is 0 Å². The third kappa shape index (κ3) is 4.39. The molecule has 0 N–H and O–H groups in total. The molecule has 0 aromatic heterocycles. The van der Waals surface area contributed by atoms with Crippen LogP contribution in [0.4, 0.5) is 18.9 Å². The number of carbonyl (C=O) groups excluding carboxylic acids is 2. The highest BCUT2D eigenvalue weighted by molar-refractivity contribution is 6.04.